The Morgan fingerprint density at radius 3 is 2.45 bits per heavy atom. The maximum Gasteiger partial charge on any atom is 0.185 e. The van der Waals surface area contributed by atoms with Crippen molar-refractivity contribution in [2.45, 2.75) is 26.7 Å². The second kappa shape index (κ2) is 2.86. The molecule has 0 fully saturated rings. The minimum absolute atomic E-state index is 0.375. The van der Waals surface area contributed by atoms with Gasteiger partial charge in [0.15, 0.2) is 12.1 Å². The zero-order valence-electron chi connectivity index (χ0n) is 7.01. The van der Waals surface area contributed by atoms with Crippen LogP contribution in [0.2, 0.25) is 0 Å². The van der Waals surface area contributed by atoms with Crippen LogP contribution in [-0.2, 0) is 0 Å². The van der Waals surface area contributed by atoms with Crippen LogP contribution in [0, 0.1) is 6.92 Å². The molecular formula is C8H12N2O. The molecule has 1 aromatic rings. The molecule has 0 aromatic carbocycles. The van der Waals surface area contributed by atoms with Crippen LogP contribution in [-0.4, -0.2) is 16.3 Å². The zero-order valence-corrected chi connectivity index (χ0v) is 7.01. The van der Waals surface area contributed by atoms with E-state index < -0.39 is 0 Å². The number of carbonyl (C=O) groups is 1. The molecule has 0 spiro atoms. The summed E-state index contributed by atoms with van der Waals surface area (Å²) < 4.78 is 0. The van der Waals surface area contributed by atoms with Gasteiger partial charge in [0, 0.05) is 5.69 Å². The molecule has 0 radical (unpaired) electrons. The van der Waals surface area contributed by atoms with Crippen molar-refractivity contribution in [1.82, 2.24) is 9.97 Å². The summed E-state index contributed by atoms with van der Waals surface area (Å²) in [7, 11) is 0. The van der Waals surface area contributed by atoms with Gasteiger partial charge in [-0.05, 0) is 12.8 Å². The normalized spacial score (nSPS) is 10.5. The average Bonchev–Trinajstić information content (AvgIpc) is 2.30. The summed E-state index contributed by atoms with van der Waals surface area (Å²) in [6.45, 7) is 6.03. The fraction of sp³-hybridized carbons (Fsp3) is 0.500. The Bertz CT molecular complexity index is 263. The van der Waals surface area contributed by atoms with Gasteiger partial charge in [-0.15, -0.1) is 0 Å². The summed E-state index contributed by atoms with van der Waals surface area (Å²) >= 11 is 0. The lowest BCUT2D eigenvalue weighted by atomic mass is 10.1. The lowest BCUT2D eigenvalue weighted by Crippen LogP contribution is -1.90. The highest BCUT2D eigenvalue weighted by molar-refractivity contribution is 5.69. The SMILES string of the molecule is Cc1[nH]c(C=O)nc1C(C)C. The third-order valence-electron chi connectivity index (χ3n) is 1.60. The lowest BCUT2D eigenvalue weighted by molar-refractivity contribution is 0.111. The largest absolute Gasteiger partial charge is 0.340 e. The smallest absolute Gasteiger partial charge is 0.185 e. The van der Waals surface area contributed by atoms with Gasteiger partial charge in [-0.3, -0.25) is 4.79 Å². The van der Waals surface area contributed by atoms with Gasteiger partial charge in [0.25, 0.3) is 0 Å². The first-order chi connectivity index (χ1) is 5.15. The van der Waals surface area contributed by atoms with Crippen LogP contribution in [0.15, 0.2) is 0 Å². The van der Waals surface area contributed by atoms with Crippen LogP contribution < -0.4 is 0 Å². The number of H-pyrrole nitrogens is 1. The van der Waals surface area contributed by atoms with Gasteiger partial charge in [0.1, 0.15) is 0 Å². The Kier molecular flexibility index (Phi) is 2.08. The van der Waals surface area contributed by atoms with Crippen LogP contribution >= 0.6 is 0 Å². The van der Waals surface area contributed by atoms with Crippen molar-refractivity contribution in [1.29, 1.82) is 0 Å². The fourth-order valence-corrected chi connectivity index (χ4v) is 1.12. The summed E-state index contributed by atoms with van der Waals surface area (Å²) in [5.74, 6) is 0.797. The second-order valence-corrected chi connectivity index (χ2v) is 2.90. The van der Waals surface area contributed by atoms with E-state index in [9.17, 15) is 4.79 Å². The Labute approximate surface area is 65.8 Å². The standard InChI is InChI=1S/C8H12N2O/c1-5(2)8-6(3)9-7(4-11)10-8/h4-5H,1-3H3,(H,9,10). The van der Waals surface area contributed by atoms with E-state index in [2.05, 4.69) is 23.8 Å². The average molecular weight is 152 g/mol. The Morgan fingerprint density at radius 1 is 1.55 bits per heavy atom. The third kappa shape index (κ3) is 1.48. The predicted molar refractivity (Wildman–Crippen MR) is 42.8 cm³/mol. The summed E-state index contributed by atoms with van der Waals surface area (Å²) in [5, 5.41) is 0. The zero-order chi connectivity index (χ0) is 8.43. The van der Waals surface area contributed by atoms with Gasteiger partial charge >= 0.3 is 0 Å². The molecule has 0 atom stereocenters. The first-order valence-corrected chi connectivity index (χ1v) is 3.66. The van der Waals surface area contributed by atoms with Gasteiger partial charge in [0.2, 0.25) is 0 Å². The number of aryl methyl sites for hydroxylation is 1. The Morgan fingerprint density at radius 2 is 2.18 bits per heavy atom. The number of aromatic amines is 1. The van der Waals surface area contributed by atoms with Gasteiger partial charge in [0.05, 0.1) is 5.69 Å². The molecule has 1 aromatic heterocycles. The molecule has 0 amide bonds. The Balaban J connectivity index is 3.06. The Hall–Kier alpha value is -1.12. The van der Waals surface area contributed by atoms with Crippen LogP contribution in [0.3, 0.4) is 0 Å². The molecule has 11 heavy (non-hydrogen) atoms. The molecule has 1 rings (SSSR count). The molecule has 3 nitrogen and oxygen atoms in total. The van der Waals surface area contributed by atoms with Gasteiger partial charge in [-0.25, -0.2) is 4.98 Å². The van der Waals surface area contributed by atoms with Crippen molar-refractivity contribution in [2.24, 2.45) is 0 Å². The van der Waals surface area contributed by atoms with E-state index in [1.165, 1.54) is 0 Å². The molecule has 0 aliphatic rings. The highest BCUT2D eigenvalue weighted by atomic mass is 16.1. The van der Waals surface area contributed by atoms with E-state index in [0.717, 1.165) is 17.7 Å². The fourth-order valence-electron chi connectivity index (χ4n) is 1.12. The summed E-state index contributed by atoms with van der Waals surface area (Å²) in [4.78, 5) is 17.3. The molecular weight excluding hydrogens is 140 g/mol. The van der Waals surface area contributed by atoms with E-state index >= 15 is 0 Å². The van der Waals surface area contributed by atoms with Crippen LogP contribution in [0.5, 0.6) is 0 Å². The number of imidazole rings is 1. The van der Waals surface area contributed by atoms with Crippen LogP contribution in [0.4, 0.5) is 0 Å². The van der Waals surface area contributed by atoms with Crippen molar-refractivity contribution < 1.29 is 4.79 Å². The van der Waals surface area contributed by atoms with Crippen molar-refractivity contribution >= 4 is 6.29 Å². The molecule has 0 aliphatic carbocycles. The van der Waals surface area contributed by atoms with E-state index in [4.69, 9.17) is 0 Å². The maximum absolute atomic E-state index is 10.3. The minimum Gasteiger partial charge on any atom is -0.340 e. The van der Waals surface area contributed by atoms with Crippen molar-refractivity contribution in [2.75, 3.05) is 0 Å². The number of nitrogens with zero attached hydrogens (tertiary/aromatic N) is 1. The van der Waals surface area contributed by atoms with E-state index in [-0.39, 0.29) is 0 Å². The number of aromatic nitrogens is 2. The molecule has 0 unspecified atom stereocenters. The van der Waals surface area contributed by atoms with Gasteiger partial charge in [-0.2, -0.15) is 0 Å². The summed E-state index contributed by atoms with van der Waals surface area (Å²) in [5.41, 5.74) is 1.97. The van der Waals surface area contributed by atoms with Crippen molar-refractivity contribution in [3.8, 4) is 0 Å². The highest BCUT2D eigenvalue weighted by Crippen LogP contribution is 2.14. The summed E-state index contributed by atoms with van der Waals surface area (Å²) in [6, 6.07) is 0. The molecule has 0 saturated heterocycles. The van der Waals surface area contributed by atoms with Crippen LogP contribution in [0.1, 0.15) is 41.8 Å². The quantitative estimate of drug-likeness (QED) is 0.655. The van der Waals surface area contributed by atoms with E-state index in [1.807, 2.05) is 6.92 Å². The van der Waals surface area contributed by atoms with Gasteiger partial charge < -0.3 is 4.98 Å². The van der Waals surface area contributed by atoms with Crippen molar-refractivity contribution in [3.05, 3.63) is 17.2 Å². The summed E-state index contributed by atoms with van der Waals surface area (Å²) in [6.07, 6.45) is 0.735. The number of nitrogens with one attached hydrogen (secondary N) is 1. The van der Waals surface area contributed by atoms with E-state index in [1.54, 1.807) is 0 Å². The minimum atomic E-state index is 0.375. The number of hydrogen-bond donors (Lipinski definition) is 1. The molecule has 0 bridgehead atoms. The number of hydrogen-bond acceptors (Lipinski definition) is 2. The molecule has 60 valence electrons. The second-order valence-electron chi connectivity index (χ2n) is 2.90. The van der Waals surface area contributed by atoms with Crippen molar-refractivity contribution in [3.63, 3.8) is 0 Å². The number of carbonyl (C=O) groups excluding carboxylic acids is 1. The number of aldehydes is 1. The monoisotopic (exact) mass is 152 g/mol. The number of rotatable bonds is 2. The predicted octanol–water partition coefficient (Wildman–Crippen LogP) is 1.65. The molecule has 0 aliphatic heterocycles. The van der Waals surface area contributed by atoms with E-state index in [0.29, 0.717) is 11.7 Å². The van der Waals surface area contributed by atoms with Crippen LogP contribution in [0.25, 0.3) is 0 Å². The molecule has 1 heterocycles. The first-order valence-electron chi connectivity index (χ1n) is 3.66. The maximum atomic E-state index is 10.3. The molecule has 1 N–H and O–H groups in total. The molecule has 0 saturated carbocycles. The third-order valence-corrected chi connectivity index (χ3v) is 1.60. The molecule has 3 heteroatoms. The lowest BCUT2D eigenvalue weighted by Gasteiger charge is -1.98. The first kappa shape index (κ1) is 7.98. The topological polar surface area (TPSA) is 45.8 Å². The highest BCUT2D eigenvalue weighted by Gasteiger charge is 2.08. The van der Waals surface area contributed by atoms with Gasteiger partial charge in [-0.1, -0.05) is 13.8 Å².